The third-order valence-electron chi connectivity index (χ3n) is 2.34. The molecule has 0 saturated carbocycles. The van der Waals surface area contributed by atoms with Crippen LogP contribution in [0.15, 0.2) is 18.5 Å². The van der Waals surface area contributed by atoms with Gasteiger partial charge >= 0.3 is 5.97 Å². The molecule has 0 fully saturated rings. The van der Waals surface area contributed by atoms with Gasteiger partial charge in [0.2, 0.25) is 0 Å². The first-order valence-corrected chi connectivity index (χ1v) is 5.29. The van der Waals surface area contributed by atoms with Crippen molar-refractivity contribution in [3.63, 3.8) is 0 Å². The zero-order chi connectivity index (χ0) is 12.6. The van der Waals surface area contributed by atoms with Crippen molar-refractivity contribution in [2.24, 2.45) is 0 Å². The molecule has 2 aromatic heterocycles. The third kappa shape index (κ3) is 2.14. The summed E-state index contributed by atoms with van der Waals surface area (Å²) in [5.41, 5.74) is 1.92. The molecule has 0 saturated heterocycles. The smallest absolute Gasteiger partial charge is 0.339 e. The van der Waals surface area contributed by atoms with Crippen LogP contribution in [-0.2, 0) is 0 Å². The van der Waals surface area contributed by atoms with Gasteiger partial charge in [0.05, 0.1) is 16.4 Å². The second-order valence-corrected chi connectivity index (χ2v) is 4.06. The van der Waals surface area contributed by atoms with Crippen molar-refractivity contribution in [2.75, 3.05) is 0 Å². The number of hydrogen-bond acceptors (Lipinski definition) is 3. The van der Waals surface area contributed by atoms with Gasteiger partial charge in [-0.3, -0.25) is 4.98 Å². The van der Waals surface area contributed by atoms with E-state index in [4.69, 9.17) is 16.7 Å². The van der Waals surface area contributed by atoms with E-state index in [9.17, 15) is 4.79 Å². The van der Waals surface area contributed by atoms with Crippen LogP contribution >= 0.6 is 11.6 Å². The van der Waals surface area contributed by atoms with Crippen molar-refractivity contribution >= 4 is 17.6 Å². The van der Waals surface area contributed by atoms with Gasteiger partial charge in [-0.25, -0.2) is 9.48 Å². The third-order valence-corrected chi connectivity index (χ3v) is 2.71. The van der Waals surface area contributed by atoms with E-state index < -0.39 is 5.97 Å². The van der Waals surface area contributed by atoms with E-state index in [1.54, 1.807) is 26.1 Å². The molecule has 2 heterocycles. The highest BCUT2D eigenvalue weighted by molar-refractivity contribution is 6.31. The van der Waals surface area contributed by atoms with Gasteiger partial charge in [-0.1, -0.05) is 11.6 Å². The number of nitrogens with zero attached hydrogens (tertiary/aromatic N) is 3. The Morgan fingerprint density at radius 3 is 2.71 bits per heavy atom. The number of halogens is 1. The van der Waals surface area contributed by atoms with E-state index in [0.29, 0.717) is 22.1 Å². The Bertz CT molecular complexity index is 573. The fourth-order valence-corrected chi connectivity index (χ4v) is 1.59. The highest BCUT2D eigenvalue weighted by Gasteiger charge is 2.14. The molecule has 6 heteroatoms. The van der Waals surface area contributed by atoms with E-state index in [-0.39, 0.29) is 5.56 Å². The maximum atomic E-state index is 11.1. The number of aromatic carboxylic acids is 1. The van der Waals surface area contributed by atoms with Crippen LogP contribution in [0.3, 0.4) is 0 Å². The van der Waals surface area contributed by atoms with Gasteiger partial charge in [-0.05, 0) is 19.9 Å². The highest BCUT2D eigenvalue weighted by Crippen LogP contribution is 2.19. The van der Waals surface area contributed by atoms with Crippen LogP contribution in [0.1, 0.15) is 21.7 Å². The molecule has 1 N–H and O–H groups in total. The van der Waals surface area contributed by atoms with Crippen molar-refractivity contribution in [1.82, 2.24) is 14.8 Å². The van der Waals surface area contributed by atoms with Gasteiger partial charge in [-0.2, -0.15) is 5.10 Å². The Morgan fingerprint density at radius 2 is 2.18 bits per heavy atom. The second kappa shape index (κ2) is 4.18. The van der Waals surface area contributed by atoms with Crippen molar-refractivity contribution in [3.8, 4) is 5.69 Å². The fraction of sp³-hybridized carbons (Fsp3) is 0.182. The molecule has 0 atom stereocenters. The Morgan fingerprint density at radius 1 is 1.47 bits per heavy atom. The van der Waals surface area contributed by atoms with Crippen LogP contribution in [0.5, 0.6) is 0 Å². The van der Waals surface area contributed by atoms with Crippen molar-refractivity contribution in [3.05, 3.63) is 40.4 Å². The van der Waals surface area contributed by atoms with Crippen LogP contribution in [0.25, 0.3) is 5.69 Å². The Balaban J connectivity index is 2.64. The summed E-state index contributed by atoms with van der Waals surface area (Å²) < 4.78 is 1.45. The first kappa shape index (κ1) is 11.6. The van der Waals surface area contributed by atoms with Crippen LogP contribution in [0.4, 0.5) is 0 Å². The summed E-state index contributed by atoms with van der Waals surface area (Å²) in [4.78, 5) is 15.0. The molecular formula is C11H10ClN3O2. The maximum absolute atomic E-state index is 11.1. The number of hydrogen-bond donors (Lipinski definition) is 1. The molecule has 0 aliphatic carbocycles. The molecule has 0 radical (unpaired) electrons. The zero-order valence-corrected chi connectivity index (χ0v) is 10.1. The van der Waals surface area contributed by atoms with Crippen molar-refractivity contribution < 1.29 is 9.90 Å². The van der Waals surface area contributed by atoms with E-state index in [1.165, 1.54) is 10.9 Å². The van der Waals surface area contributed by atoms with E-state index in [0.717, 1.165) is 0 Å². The summed E-state index contributed by atoms with van der Waals surface area (Å²) in [5.74, 6) is -1.04. The minimum atomic E-state index is -1.04. The quantitative estimate of drug-likeness (QED) is 0.889. The molecule has 0 unspecified atom stereocenters. The van der Waals surface area contributed by atoms with Crippen LogP contribution in [0, 0.1) is 13.8 Å². The lowest BCUT2D eigenvalue weighted by molar-refractivity contribution is 0.0696. The Kier molecular flexibility index (Phi) is 2.85. The summed E-state index contributed by atoms with van der Waals surface area (Å²) in [6, 6.07) is 1.66. The summed E-state index contributed by atoms with van der Waals surface area (Å²) >= 11 is 5.90. The zero-order valence-electron chi connectivity index (χ0n) is 9.31. The Hall–Kier alpha value is -1.88. The van der Waals surface area contributed by atoms with Crippen LogP contribution in [0.2, 0.25) is 5.02 Å². The molecule has 0 amide bonds. The summed E-state index contributed by atoms with van der Waals surface area (Å²) in [6.45, 7) is 3.54. The molecule has 0 aliphatic rings. The number of carboxylic acids is 1. The lowest BCUT2D eigenvalue weighted by atomic mass is 10.2. The molecule has 17 heavy (non-hydrogen) atoms. The van der Waals surface area contributed by atoms with Gasteiger partial charge in [0.25, 0.3) is 0 Å². The molecule has 0 spiro atoms. The predicted molar refractivity (Wildman–Crippen MR) is 62.8 cm³/mol. The summed E-state index contributed by atoms with van der Waals surface area (Å²) in [5, 5.41) is 13.7. The lowest BCUT2D eigenvalue weighted by Gasteiger charge is -2.06. The normalized spacial score (nSPS) is 10.5. The molecule has 0 bridgehead atoms. The average molecular weight is 252 g/mol. The van der Waals surface area contributed by atoms with Gasteiger partial charge in [-0.15, -0.1) is 0 Å². The SMILES string of the molecule is Cc1cc(-n2cc(Cl)c(C)n2)c(C(=O)O)cn1. The molecule has 5 nitrogen and oxygen atoms in total. The fourth-order valence-electron chi connectivity index (χ4n) is 1.46. The maximum Gasteiger partial charge on any atom is 0.339 e. The average Bonchev–Trinajstić information content (AvgIpc) is 2.58. The molecule has 88 valence electrons. The van der Waals surface area contributed by atoms with Crippen LogP contribution in [-0.4, -0.2) is 25.8 Å². The Labute approximate surface area is 103 Å². The molecule has 0 aliphatic heterocycles. The number of carboxylic acid groups (broad SMARTS) is 1. The minimum absolute atomic E-state index is 0.0924. The van der Waals surface area contributed by atoms with Crippen LogP contribution < -0.4 is 0 Å². The van der Waals surface area contributed by atoms with E-state index in [2.05, 4.69) is 10.1 Å². The van der Waals surface area contributed by atoms with Crippen molar-refractivity contribution in [1.29, 1.82) is 0 Å². The number of aromatic nitrogens is 3. The standard InChI is InChI=1S/C11H10ClN3O2/c1-6-3-10(8(4-13-6)11(16)17)15-5-9(12)7(2)14-15/h3-5H,1-2H3,(H,16,17). The van der Waals surface area contributed by atoms with Crippen molar-refractivity contribution in [2.45, 2.75) is 13.8 Å². The first-order valence-electron chi connectivity index (χ1n) is 4.91. The van der Waals surface area contributed by atoms with Gasteiger partial charge in [0.15, 0.2) is 0 Å². The lowest BCUT2D eigenvalue weighted by Crippen LogP contribution is -2.07. The highest BCUT2D eigenvalue weighted by atomic mass is 35.5. The number of rotatable bonds is 2. The predicted octanol–water partition coefficient (Wildman–Crippen LogP) is 2.24. The van der Waals surface area contributed by atoms with Gasteiger partial charge in [0, 0.05) is 18.1 Å². The molecular weight excluding hydrogens is 242 g/mol. The van der Waals surface area contributed by atoms with Gasteiger partial charge < -0.3 is 5.11 Å². The number of aryl methyl sites for hydroxylation is 2. The second-order valence-electron chi connectivity index (χ2n) is 3.66. The first-order chi connectivity index (χ1) is 7.99. The summed E-state index contributed by atoms with van der Waals surface area (Å²) in [6.07, 6.45) is 2.90. The molecule has 2 aromatic rings. The van der Waals surface area contributed by atoms with E-state index >= 15 is 0 Å². The van der Waals surface area contributed by atoms with Gasteiger partial charge in [0.1, 0.15) is 5.56 Å². The molecule has 2 rings (SSSR count). The largest absolute Gasteiger partial charge is 0.478 e. The number of carbonyl (C=O) groups is 1. The number of pyridine rings is 1. The summed E-state index contributed by atoms with van der Waals surface area (Å²) in [7, 11) is 0. The molecule has 0 aromatic carbocycles. The monoisotopic (exact) mass is 251 g/mol. The van der Waals surface area contributed by atoms with E-state index in [1.807, 2.05) is 0 Å². The topological polar surface area (TPSA) is 68.0 Å². The minimum Gasteiger partial charge on any atom is -0.478 e.